The van der Waals surface area contributed by atoms with Crippen LogP contribution in [0, 0.1) is 0 Å². The number of rotatable bonds is 24. The standard InChI is InChI=1S/C20H40O9/c1-3-4-5-22-6-7-23-8-9-24-10-11-25-12-13-26-14-15-27-16-17-28-18-19-29-20(2)21/h3-19H2,1-2H3. The molecule has 0 saturated heterocycles. The number of ether oxygens (including phenoxy) is 8. The third-order valence-corrected chi connectivity index (χ3v) is 3.41. The third-order valence-electron chi connectivity index (χ3n) is 3.41. The first-order valence-corrected chi connectivity index (χ1v) is 10.4. The zero-order valence-electron chi connectivity index (χ0n) is 18.2. The minimum Gasteiger partial charge on any atom is -0.463 e. The first-order chi connectivity index (χ1) is 14.3. The van der Waals surface area contributed by atoms with E-state index in [9.17, 15) is 4.79 Å². The number of esters is 1. The second kappa shape index (κ2) is 25.2. The van der Waals surface area contributed by atoms with Gasteiger partial charge in [-0.3, -0.25) is 4.79 Å². The molecule has 0 radical (unpaired) electrons. The molecule has 0 amide bonds. The van der Waals surface area contributed by atoms with Crippen LogP contribution >= 0.6 is 0 Å². The highest BCUT2D eigenvalue weighted by molar-refractivity contribution is 5.65. The van der Waals surface area contributed by atoms with Crippen LogP contribution in [0.5, 0.6) is 0 Å². The lowest BCUT2D eigenvalue weighted by Crippen LogP contribution is -2.15. The fourth-order valence-corrected chi connectivity index (χ4v) is 1.91. The number of carbonyl (C=O) groups is 1. The molecule has 0 heterocycles. The van der Waals surface area contributed by atoms with Crippen molar-refractivity contribution in [3.63, 3.8) is 0 Å². The quantitative estimate of drug-likeness (QED) is 0.169. The average molecular weight is 425 g/mol. The zero-order chi connectivity index (χ0) is 21.3. The highest BCUT2D eigenvalue weighted by Crippen LogP contribution is 1.88. The lowest BCUT2D eigenvalue weighted by molar-refractivity contribution is -0.142. The van der Waals surface area contributed by atoms with Gasteiger partial charge in [0.25, 0.3) is 0 Å². The van der Waals surface area contributed by atoms with Crippen molar-refractivity contribution in [3.8, 4) is 0 Å². The Labute approximate surface area is 175 Å². The molecule has 0 aromatic carbocycles. The molecule has 0 unspecified atom stereocenters. The Hall–Kier alpha value is -0.810. The molecule has 0 spiro atoms. The molecule has 0 aliphatic rings. The van der Waals surface area contributed by atoms with E-state index >= 15 is 0 Å². The second-order valence-electron chi connectivity index (χ2n) is 5.98. The summed E-state index contributed by atoms with van der Waals surface area (Å²) in [5.74, 6) is -0.303. The van der Waals surface area contributed by atoms with Gasteiger partial charge in [-0.2, -0.15) is 0 Å². The van der Waals surface area contributed by atoms with E-state index in [4.69, 9.17) is 37.9 Å². The molecule has 9 nitrogen and oxygen atoms in total. The van der Waals surface area contributed by atoms with Crippen LogP contribution < -0.4 is 0 Å². The Morgan fingerprint density at radius 2 is 0.759 bits per heavy atom. The SMILES string of the molecule is CCCCOCCOCCOCCOCCOCCOCCOCCOC(C)=O. The Morgan fingerprint density at radius 3 is 1.03 bits per heavy atom. The largest absolute Gasteiger partial charge is 0.463 e. The van der Waals surface area contributed by atoms with E-state index in [0.29, 0.717) is 85.9 Å². The number of unbranched alkanes of at least 4 members (excludes halogenated alkanes) is 1. The highest BCUT2D eigenvalue weighted by atomic mass is 16.6. The van der Waals surface area contributed by atoms with Crippen molar-refractivity contribution in [3.05, 3.63) is 0 Å². The molecule has 174 valence electrons. The lowest BCUT2D eigenvalue weighted by Gasteiger charge is -2.08. The Bertz CT molecular complexity index is 329. The van der Waals surface area contributed by atoms with Crippen molar-refractivity contribution in [2.75, 3.05) is 99.1 Å². The summed E-state index contributed by atoms with van der Waals surface area (Å²) in [4.78, 5) is 10.5. The van der Waals surface area contributed by atoms with Gasteiger partial charge in [0.15, 0.2) is 0 Å². The van der Waals surface area contributed by atoms with Gasteiger partial charge in [0.1, 0.15) is 6.61 Å². The van der Waals surface area contributed by atoms with Gasteiger partial charge in [0.05, 0.1) is 85.9 Å². The summed E-state index contributed by atoms with van der Waals surface area (Å²) in [6, 6.07) is 0. The van der Waals surface area contributed by atoms with Gasteiger partial charge in [-0.15, -0.1) is 0 Å². The summed E-state index contributed by atoms with van der Waals surface area (Å²) in [6.07, 6.45) is 2.24. The van der Waals surface area contributed by atoms with Crippen molar-refractivity contribution >= 4 is 5.97 Å². The molecular formula is C20H40O9. The van der Waals surface area contributed by atoms with E-state index in [0.717, 1.165) is 19.4 Å². The van der Waals surface area contributed by atoms with Crippen molar-refractivity contribution in [1.82, 2.24) is 0 Å². The van der Waals surface area contributed by atoms with E-state index in [-0.39, 0.29) is 12.6 Å². The number of hydrogen-bond acceptors (Lipinski definition) is 9. The van der Waals surface area contributed by atoms with Crippen LogP contribution in [0.15, 0.2) is 0 Å². The molecule has 0 saturated carbocycles. The summed E-state index contributed by atoms with van der Waals surface area (Å²) in [7, 11) is 0. The molecule has 0 aliphatic carbocycles. The maximum absolute atomic E-state index is 10.5. The monoisotopic (exact) mass is 424 g/mol. The van der Waals surface area contributed by atoms with Crippen molar-refractivity contribution < 1.29 is 42.7 Å². The predicted octanol–water partition coefficient (Wildman–Crippen LogP) is 1.47. The summed E-state index contributed by atoms with van der Waals surface area (Å²) in [5, 5.41) is 0. The van der Waals surface area contributed by atoms with Crippen LogP contribution in [-0.4, -0.2) is 105 Å². The Kier molecular flexibility index (Phi) is 24.5. The molecule has 9 heteroatoms. The van der Waals surface area contributed by atoms with Crippen LogP contribution in [0.3, 0.4) is 0 Å². The maximum atomic E-state index is 10.5. The predicted molar refractivity (Wildman–Crippen MR) is 107 cm³/mol. The second-order valence-corrected chi connectivity index (χ2v) is 5.98. The zero-order valence-corrected chi connectivity index (χ0v) is 18.2. The fraction of sp³-hybridized carbons (Fsp3) is 0.950. The van der Waals surface area contributed by atoms with Gasteiger partial charge in [-0.05, 0) is 6.42 Å². The minimum absolute atomic E-state index is 0.270. The summed E-state index contributed by atoms with van der Waals surface area (Å²) >= 11 is 0. The third kappa shape index (κ3) is 27.2. The number of hydrogen-bond donors (Lipinski definition) is 0. The molecule has 0 aliphatic heterocycles. The molecule has 0 N–H and O–H groups in total. The van der Waals surface area contributed by atoms with Gasteiger partial charge in [-0.1, -0.05) is 13.3 Å². The van der Waals surface area contributed by atoms with Gasteiger partial charge in [0, 0.05) is 13.5 Å². The first-order valence-electron chi connectivity index (χ1n) is 10.4. The molecule has 0 aromatic rings. The van der Waals surface area contributed by atoms with Gasteiger partial charge in [-0.25, -0.2) is 0 Å². The van der Waals surface area contributed by atoms with Crippen molar-refractivity contribution in [2.24, 2.45) is 0 Å². The van der Waals surface area contributed by atoms with Gasteiger partial charge >= 0.3 is 5.97 Å². The molecule has 0 rings (SSSR count). The molecule has 0 atom stereocenters. The molecule has 29 heavy (non-hydrogen) atoms. The lowest BCUT2D eigenvalue weighted by atomic mass is 10.4. The Balaban J connectivity index is 2.99. The van der Waals surface area contributed by atoms with E-state index in [1.165, 1.54) is 6.92 Å². The average Bonchev–Trinajstić information content (AvgIpc) is 2.71. The smallest absolute Gasteiger partial charge is 0.302 e. The van der Waals surface area contributed by atoms with Crippen LogP contribution in [0.2, 0.25) is 0 Å². The molecular weight excluding hydrogens is 384 g/mol. The van der Waals surface area contributed by atoms with Crippen LogP contribution in [0.4, 0.5) is 0 Å². The summed E-state index contributed by atoms with van der Waals surface area (Å²) < 4.78 is 42.3. The summed E-state index contributed by atoms with van der Waals surface area (Å²) in [5.41, 5.74) is 0. The Morgan fingerprint density at radius 1 is 0.483 bits per heavy atom. The first kappa shape index (κ1) is 28.2. The molecule has 0 aromatic heterocycles. The van der Waals surface area contributed by atoms with E-state index in [1.807, 2.05) is 0 Å². The van der Waals surface area contributed by atoms with Gasteiger partial charge < -0.3 is 37.9 Å². The number of carbonyl (C=O) groups excluding carboxylic acids is 1. The van der Waals surface area contributed by atoms with Gasteiger partial charge in [0.2, 0.25) is 0 Å². The van der Waals surface area contributed by atoms with Crippen LogP contribution in [-0.2, 0) is 42.7 Å². The fourth-order valence-electron chi connectivity index (χ4n) is 1.91. The molecule has 0 fully saturated rings. The van der Waals surface area contributed by atoms with Crippen molar-refractivity contribution in [2.45, 2.75) is 26.7 Å². The van der Waals surface area contributed by atoms with Crippen molar-refractivity contribution in [1.29, 1.82) is 0 Å². The maximum Gasteiger partial charge on any atom is 0.302 e. The van der Waals surface area contributed by atoms with Crippen LogP contribution in [0.25, 0.3) is 0 Å². The van der Waals surface area contributed by atoms with E-state index in [1.54, 1.807) is 0 Å². The van der Waals surface area contributed by atoms with Crippen LogP contribution in [0.1, 0.15) is 26.7 Å². The molecule has 0 bridgehead atoms. The minimum atomic E-state index is -0.303. The highest BCUT2D eigenvalue weighted by Gasteiger charge is 1.95. The van der Waals surface area contributed by atoms with E-state index in [2.05, 4.69) is 6.92 Å². The topological polar surface area (TPSA) is 90.9 Å². The summed E-state index contributed by atoms with van der Waals surface area (Å²) in [6.45, 7) is 11.4. The normalized spacial score (nSPS) is 11.1. The van der Waals surface area contributed by atoms with E-state index < -0.39 is 0 Å².